The van der Waals surface area contributed by atoms with Gasteiger partial charge in [0.1, 0.15) is 0 Å². The zero-order valence-electron chi connectivity index (χ0n) is 7.29. The van der Waals surface area contributed by atoms with Crippen LogP contribution in [0.5, 0.6) is 0 Å². The number of hydrogen-bond donors (Lipinski definition) is 2. The molecule has 2 aliphatic rings. The standard InChI is InChI=1S/2C5H8O/c2*6-5-3-1-2-4-5/h2*3,6H,1-2,4H2. The Morgan fingerprint density at radius 3 is 1.33 bits per heavy atom. The maximum Gasteiger partial charge on any atom is 0.0882 e. The molecule has 2 nitrogen and oxygen atoms in total. The van der Waals surface area contributed by atoms with Crippen LogP contribution in [0.3, 0.4) is 0 Å². The molecule has 2 aliphatic carbocycles. The molecule has 0 aromatic heterocycles. The fourth-order valence-electron chi connectivity index (χ4n) is 1.31. The molecular weight excluding hydrogens is 152 g/mol. The summed E-state index contributed by atoms with van der Waals surface area (Å²) in [6, 6.07) is 0. The Balaban J connectivity index is 0.000000120. The van der Waals surface area contributed by atoms with Gasteiger partial charge in [0.15, 0.2) is 0 Å². The highest BCUT2D eigenvalue weighted by molar-refractivity contribution is 4.97. The average Bonchev–Trinajstić information content (AvgIpc) is 2.63. The molecule has 0 spiro atoms. The van der Waals surface area contributed by atoms with Gasteiger partial charge in [-0.2, -0.15) is 0 Å². The molecule has 2 rings (SSSR count). The van der Waals surface area contributed by atoms with Crippen LogP contribution in [-0.4, -0.2) is 10.2 Å². The molecule has 0 aromatic rings. The quantitative estimate of drug-likeness (QED) is 0.583. The van der Waals surface area contributed by atoms with E-state index in [0.717, 1.165) is 38.5 Å². The van der Waals surface area contributed by atoms with Gasteiger partial charge in [-0.3, -0.25) is 0 Å². The van der Waals surface area contributed by atoms with Crippen molar-refractivity contribution in [3.05, 3.63) is 23.7 Å². The Labute approximate surface area is 73.2 Å². The molecule has 0 aliphatic heterocycles. The molecule has 2 N–H and O–H groups in total. The van der Waals surface area contributed by atoms with E-state index in [9.17, 15) is 0 Å². The minimum Gasteiger partial charge on any atom is -0.513 e. The van der Waals surface area contributed by atoms with Gasteiger partial charge in [0.25, 0.3) is 0 Å². The van der Waals surface area contributed by atoms with E-state index < -0.39 is 0 Å². The molecule has 2 heteroatoms. The summed E-state index contributed by atoms with van der Waals surface area (Å²) in [5.41, 5.74) is 0. The van der Waals surface area contributed by atoms with Crippen molar-refractivity contribution in [2.75, 3.05) is 0 Å². The van der Waals surface area contributed by atoms with E-state index in [1.165, 1.54) is 0 Å². The van der Waals surface area contributed by atoms with Gasteiger partial charge in [-0.05, 0) is 37.8 Å². The average molecular weight is 168 g/mol. The van der Waals surface area contributed by atoms with Gasteiger partial charge in [0.05, 0.1) is 11.5 Å². The van der Waals surface area contributed by atoms with Crippen LogP contribution in [0.1, 0.15) is 38.5 Å². The van der Waals surface area contributed by atoms with Gasteiger partial charge in [-0.25, -0.2) is 0 Å². The first kappa shape index (κ1) is 9.17. The normalized spacial score (nSPS) is 21.0. The molecule has 12 heavy (non-hydrogen) atoms. The minimum absolute atomic E-state index is 0.579. The summed E-state index contributed by atoms with van der Waals surface area (Å²) >= 11 is 0. The maximum atomic E-state index is 8.59. The molecule has 0 amide bonds. The largest absolute Gasteiger partial charge is 0.513 e. The van der Waals surface area contributed by atoms with Gasteiger partial charge in [0, 0.05) is 12.8 Å². The topological polar surface area (TPSA) is 40.5 Å². The molecule has 0 saturated heterocycles. The van der Waals surface area contributed by atoms with Gasteiger partial charge in [-0.15, -0.1) is 0 Å². The fourth-order valence-corrected chi connectivity index (χ4v) is 1.31. The second-order valence-electron chi connectivity index (χ2n) is 3.18. The molecule has 0 unspecified atom stereocenters. The Morgan fingerprint density at radius 2 is 1.25 bits per heavy atom. The zero-order chi connectivity index (χ0) is 8.81. The van der Waals surface area contributed by atoms with Gasteiger partial charge < -0.3 is 10.2 Å². The second-order valence-corrected chi connectivity index (χ2v) is 3.18. The first-order valence-corrected chi connectivity index (χ1v) is 4.55. The van der Waals surface area contributed by atoms with Crippen molar-refractivity contribution in [3.8, 4) is 0 Å². The molecule has 0 fully saturated rings. The van der Waals surface area contributed by atoms with E-state index in [1.807, 2.05) is 12.2 Å². The Kier molecular flexibility index (Phi) is 3.71. The zero-order valence-corrected chi connectivity index (χ0v) is 7.29. The number of aliphatic hydroxyl groups excluding tert-OH is 2. The second kappa shape index (κ2) is 4.86. The molecule has 0 bridgehead atoms. The summed E-state index contributed by atoms with van der Waals surface area (Å²) in [6.45, 7) is 0. The van der Waals surface area contributed by atoms with Crippen LogP contribution in [0.4, 0.5) is 0 Å². The van der Waals surface area contributed by atoms with Crippen LogP contribution < -0.4 is 0 Å². The predicted molar refractivity (Wildman–Crippen MR) is 49.1 cm³/mol. The lowest BCUT2D eigenvalue weighted by Crippen LogP contribution is -1.66. The lowest BCUT2D eigenvalue weighted by Gasteiger charge is -1.80. The first-order chi connectivity index (χ1) is 5.79. The van der Waals surface area contributed by atoms with Crippen molar-refractivity contribution in [2.24, 2.45) is 0 Å². The molecular formula is C10H16O2. The summed E-state index contributed by atoms with van der Waals surface area (Å²) in [7, 11) is 0. The van der Waals surface area contributed by atoms with Crippen molar-refractivity contribution in [2.45, 2.75) is 38.5 Å². The summed E-state index contributed by atoms with van der Waals surface area (Å²) in [5.74, 6) is 1.16. The smallest absolute Gasteiger partial charge is 0.0882 e. The summed E-state index contributed by atoms with van der Waals surface area (Å²) in [6.07, 6.45) is 10.00. The highest BCUT2D eigenvalue weighted by Gasteiger charge is 1.98. The Bertz CT molecular complexity index is 170. The molecule has 0 aromatic carbocycles. The fraction of sp³-hybridized carbons (Fsp3) is 0.600. The molecule has 0 heterocycles. The van der Waals surface area contributed by atoms with Crippen molar-refractivity contribution in [3.63, 3.8) is 0 Å². The van der Waals surface area contributed by atoms with E-state index in [-0.39, 0.29) is 0 Å². The number of hydrogen-bond acceptors (Lipinski definition) is 2. The third-order valence-electron chi connectivity index (χ3n) is 2.03. The first-order valence-electron chi connectivity index (χ1n) is 4.55. The van der Waals surface area contributed by atoms with Crippen LogP contribution in [-0.2, 0) is 0 Å². The summed E-state index contributed by atoms with van der Waals surface area (Å²) in [4.78, 5) is 0. The molecule has 0 saturated carbocycles. The lowest BCUT2D eigenvalue weighted by molar-refractivity contribution is 0.396. The maximum absolute atomic E-state index is 8.59. The minimum atomic E-state index is 0.579. The molecule has 0 atom stereocenters. The van der Waals surface area contributed by atoms with E-state index in [0.29, 0.717) is 11.5 Å². The van der Waals surface area contributed by atoms with Crippen molar-refractivity contribution >= 4 is 0 Å². The highest BCUT2D eigenvalue weighted by Crippen LogP contribution is 2.13. The van der Waals surface area contributed by atoms with Crippen LogP contribution in [0.25, 0.3) is 0 Å². The van der Waals surface area contributed by atoms with Crippen LogP contribution >= 0.6 is 0 Å². The van der Waals surface area contributed by atoms with E-state index in [4.69, 9.17) is 10.2 Å². The number of rotatable bonds is 0. The van der Waals surface area contributed by atoms with Crippen LogP contribution in [0.2, 0.25) is 0 Å². The lowest BCUT2D eigenvalue weighted by atomic mass is 10.4. The Hall–Kier alpha value is -0.920. The summed E-state index contributed by atoms with van der Waals surface area (Å²) < 4.78 is 0. The van der Waals surface area contributed by atoms with E-state index >= 15 is 0 Å². The SMILES string of the molecule is OC1=CCCC1.OC1=CCCC1. The van der Waals surface area contributed by atoms with Crippen molar-refractivity contribution < 1.29 is 10.2 Å². The van der Waals surface area contributed by atoms with Crippen LogP contribution in [0.15, 0.2) is 23.7 Å². The van der Waals surface area contributed by atoms with E-state index in [1.54, 1.807) is 0 Å². The van der Waals surface area contributed by atoms with Crippen LogP contribution in [0, 0.1) is 0 Å². The molecule has 68 valence electrons. The summed E-state index contributed by atoms with van der Waals surface area (Å²) in [5, 5.41) is 17.2. The monoisotopic (exact) mass is 168 g/mol. The third kappa shape index (κ3) is 3.46. The van der Waals surface area contributed by atoms with E-state index in [2.05, 4.69) is 0 Å². The number of allylic oxidation sites excluding steroid dienone is 4. The van der Waals surface area contributed by atoms with Gasteiger partial charge in [0.2, 0.25) is 0 Å². The molecule has 0 radical (unpaired) electrons. The van der Waals surface area contributed by atoms with Crippen molar-refractivity contribution in [1.29, 1.82) is 0 Å². The highest BCUT2D eigenvalue weighted by atomic mass is 16.3. The van der Waals surface area contributed by atoms with Crippen molar-refractivity contribution in [1.82, 2.24) is 0 Å². The third-order valence-corrected chi connectivity index (χ3v) is 2.03. The number of aliphatic hydroxyl groups is 2. The predicted octanol–water partition coefficient (Wildman–Crippen LogP) is 3.22. The Morgan fingerprint density at radius 1 is 0.833 bits per heavy atom. The van der Waals surface area contributed by atoms with Gasteiger partial charge in [-0.1, -0.05) is 0 Å². The van der Waals surface area contributed by atoms with Gasteiger partial charge >= 0.3 is 0 Å².